The number of likely N-dealkylation sites (N-methyl/N-ethyl adjacent to an activating group) is 1. The molecule has 1 saturated heterocycles. The SMILES string of the molecule is CC(C)N1Cc2c(n(CC(=O)Nc3ccc(F)cn3)c3cc([C@@H]4CCN(C)C4)nn3c2=O)C1=O. The fourth-order valence-electron chi connectivity index (χ4n) is 4.73. The van der Waals surface area contributed by atoms with Gasteiger partial charge in [-0.25, -0.2) is 9.37 Å². The van der Waals surface area contributed by atoms with Gasteiger partial charge in [-0.2, -0.15) is 9.61 Å². The lowest BCUT2D eigenvalue weighted by Crippen LogP contribution is -2.32. The molecule has 0 unspecified atom stereocenters. The fourth-order valence-corrected chi connectivity index (χ4v) is 4.73. The quantitative estimate of drug-likeness (QED) is 0.609. The van der Waals surface area contributed by atoms with Crippen molar-refractivity contribution in [2.75, 3.05) is 25.5 Å². The molecule has 2 aliphatic rings. The standard InChI is InChI=1S/C23H26FN7O3/c1-13(2)29-11-16-21(23(29)34)30(12-19(32)26-18-5-4-15(24)9-25-18)20-8-17(27-31(20)22(16)33)14-6-7-28(3)10-14/h4-5,8-9,13-14H,6-7,10-12H2,1-3H3,(H,25,26,32)/t14-/m1/s1. The van der Waals surface area contributed by atoms with Crippen molar-refractivity contribution in [1.29, 1.82) is 0 Å². The Labute approximate surface area is 195 Å². The average molecular weight is 468 g/mol. The van der Waals surface area contributed by atoms with Crippen LogP contribution in [0.3, 0.4) is 0 Å². The smallest absolute Gasteiger partial charge is 0.280 e. The highest BCUT2D eigenvalue weighted by molar-refractivity contribution is 5.98. The molecular weight excluding hydrogens is 441 g/mol. The molecule has 3 aromatic heterocycles. The summed E-state index contributed by atoms with van der Waals surface area (Å²) in [6.07, 6.45) is 1.93. The number of anilines is 1. The van der Waals surface area contributed by atoms with E-state index in [9.17, 15) is 18.8 Å². The summed E-state index contributed by atoms with van der Waals surface area (Å²) >= 11 is 0. The second-order valence-electron chi connectivity index (χ2n) is 9.24. The third kappa shape index (κ3) is 3.75. The molecule has 11 heteroatoms. The first-order chi connectivity index (χ1) is 16.2. The summed E-state index contributed by atoms with van der Waals surface area (Å²) in [6, 6.07) is 4.25. The number of pyridine rings is 1. The van der Waals surface area contributed by atoms with E-state index in [-0.39, 0.29) is 48.0 Å². The Bertz CT molecular complexity index is 1350. The summed E-state index contributed by atoms with van der Waals surface area (Å²) in [5, 5.41) is 7.23. The summed E-state index contributed by atoms with van der Waals surface area (Å²) in [6.45, 7) is 5.47. The normalized spacial score (nSPS) is 18.3. The number of nitrogens with zero attached hydrogens (tertiary/aromatic N) is 6. The van der Waals surface area contributed by atoms with Gasteiger partial charge in [0.25, 0.3) is 11.5 Å². The van der Waals surface area contributed by atoms with Crippen LogP contribution in [0.4, 0.5) is 10.2 Å². The Morgan fingerprint density at radius 3 is 2.74 bits per heavy atom. The summed E-state index contributed by atoms with van der Waals surface area (Å²) in [5.41, 5.74) is 1.37. The van der Waals surface area contributed by atoms with E-state index in [2.05, 4.69) is 20.3 Å². The Morgan fingerprint density at radius 2 is 2.09 bits per heavy atom. The third-order valence-corrected chi connectivity index (χ3v) is 6.51. The van der Waals surface area contributed by atoms with Crippen LogP contribution in [0.15, 0.2) is 29.2 Å². The number of rotatable bonds is 5. The van der Waals surface area contributed by atoms with E-state index in [4.69, 9.17) is 0 Å². The maximum Gasteiger partial charge on any atom is 0.280 e. The van der Waals surface area contributed by atoms with Crippen LogP contribution >= 0.6 is 0 Å². The van der Waals surface area contributed by atoms with Gasteiger partial charge >= 0.3 is 0 Å². The van der Waals surface area contributed by atoms with Crippen molar-refractivity contribution in [3.8, 4) is 0 Å². The monoisotopic (exact) mass is 467 g/mol. The zero-order valence-corrected chi connectivity index (χ0v) is 19.3. The predicted octanol–water partition coefficient (Wildman–Crippen LogP) is 1.45. The van der Waals surface area contributed by atoms with Gasteiger partial charge in [0.15, 0.2) is 0 Å². The number of hydrogen-bond acceptors (Lipinski definition) is 6. The number of amides is 2. The van der Waals surface area contributed by atoms with E-state index < -0.39 is 11.7 Å². The zero-order valence-electron chi connectivity index (χ0n) is 19.3. The van der Waals surface area contributed by atoms with Gasteiger partial charge in [0, 0.05) is 24.6 Å². The molecule has 1 fully saturated rings. The lowest BCUT2D eigenvalue weighted by atomic mass is 10.1. The molecule has 2 aliphatic heterocycles. The first-order valence-corrected chi connectivity index (χ1v) is 11.3. The molecule has 0 spiro atoms. The van der Waals surface area contributed by atoms with Gasteiger partial charge in [-0.1, -0.05) is 0 Å². The molecule has 0 saturated carbocycles. The number of nitrogens with one attached hydrogen (secondary N) is 1. The van der Waals surface area contributed by atoms with Crippen LogP contribution < -0.4 is 10.9 Å². The molecule has 1 atom stereocenters. The molecular formula is C23H26FN7O3. The maximum absolute atomic E-state index is 13.3. The van der Waals surface area contributed by atoms with Crippen molar-refractivity contribution in [1.82, 2.24) is 29.0 Å². The number of fused-ring (bicyclic) bond motifs is 2. The molecule has 0 aromatic carbocycles. The van der Waals surface area contributed by atoms with E-state index in [1.165, 1.54) is 16.6 Å². The molecule has 0 radical (unpaired) electrons. The minimum atomic E-state index is -0.512. The summed E-state index contributed by atoms with van der Waals surface area (Å²) in [4.78, 5) is 47.2. The fraction of sp³-hybridized carbons (Fsp3) is 0.435. The van der Waals surface area contributed by atoms with Crippen LogP contribution in [0.1, 0.15) is 47.9 Å². The van der Waals surface area contributed by atoms with Crippen molar-refractivity contribution in [3.05, 3.63) is 57.5 Å². The van der Waals surface area contributed by atoms with E-state index in [1.807, 2.05) is 20.9 Å². The number of carbonyl (C=O) groups is 2. The Morgan fingerprint density at radius 1 is 1.29 bits per heavy atom. The Kier molecular flexibility index (Phi) is 5.43. The minimum Gasteiger partial charge on any atom is -0.330 e. The van der Waals surface area contributed by atoms with Crippen molar-refractivity contribution < 1.29 is 14.0 Å². The molecule has 178 valence electrons. The number of hydrogen-bond donors (Lipinski definition) is 1. The van der Waals surface area contributed by atoms with E-state index >= 15 is 0 Å². The van der Waals surface area contributed by atoms with Crippen LogP contribution in [0.25, 0.3) is 5.65 Å². The van der Waals surface area contributed by atoms with Crippen LogP contribution in [-0.4, -0.2) is 67.0 Å². The number of likely N-dealkylation sites (tertiary alicyclic amines) is 1. The first kappa shape index (κ1) is 22.2. The number of carbonyl (C=O) groups excluding carboxylic acids is 2. The van der Waals surface area contributed by atoms with Gasteiger partial charge in [0.2, 0.25) is 5.91 Å². The first-order valence-electron chi connectivity index (χ1n) is 11.3. The van der Waals surface area contributed by atoms with E-state index in [0.717, 1.165) is 31.4 Å². The Balaban J connectivity index is 1.59. The molecule has 1 N–H and O–H groups in total. The summed E-state index contributed by atoms with van der Waals surface area (Å²) in [5.74, 6) is -0.889. The van der Waals surface area contributed by atoms with Crippen LogP contribution in [0.5, 0.6) is 0 Å². The van der Waals surface area contributed by atoms with Gasteiger partial charge < -0.3 is 19.7 Å². The van der Waals surface area contributed by atoms with Gasteiger partial charge in [-0.05, 0) is 46.0 Å². The van der Waals surface area contributed by atoms with Crippen molar-refractivity contribution in [2.24, 2.45) is 0 Å². The van der Waals surface area contributed by atoms with Gasteiger partial charge in [0.05, 0.1) is 24.0 Å². The third-order valence-electron chi connectivity index (χ3n) is 6.51. The molecule has 10 nitrogen and oxygen atoms in total. The predicted molar refractivity (Wildman–Crippen MR) is 122 cm³/mol. The van der Waals surface area contributed by atoms with Gasteiger partial charge in [0.1, 0.15) is 29.5 Å². The molecule has 34 heavy (non-hydrogen) atoms. The van der Waals surface area contributed by atoms with Gasteiger partial charge in [-0.3, -0.25) is 14.4 Å². The molecule has 0 aliphatic carbocycles. The highest BCUT2D eigenvalue weighted by Crippen LogP contribution is 2.28. The van der Waals surface area contributed by atoms with Gasteiger partial charge in [-0.15, -0.1) is 0 Å². The van der Waals surface area contributed by atoms with Crippen molar-refractivity contribution in [3.63, 3.8) is 0 Å². The van der Waals surface area contributed by atoms with Crippen LogP contribution in [0.2, 0.25) is 0 Å². The Hall–Kier alpha value is -3.60. The summed E-state index contributed by atoms with van der Waals surface area (Å²) < 4.78 is 16.0. The van der Waals surface area contributed by atoms with Crippen molar-refractivity contribution >= 4 is 23.3 Å². The second-order valence-corrected chi connectivity index (χ2v) is 9.24. The highest BCUT2D eigenvalue weighted by Gasteiger charge is 2.37. The molecule has 5 rings (SSSR count). The molecule has 3 aromatic rings. The minimum absolute atomic E-state index is 0.109. The lowest BCUT2D eigenvalue weighted by Gasteiger charge is -2.20. The van der Waals surface area contributed by atoms with Crippen molar-refractivity contribution in [2.45, 2.75) is 45.3 Å². The largest absolute Gasteiger partial charge is 0.330 e. The highest BCUT2D eigenvalue weighted by atomic mass is 19.1. The molecule has 0 bridgehead atoms. The van der Waals surface area contributed by atoms with Crippen LogP contribution in [0, 0.1) is 5.82 Å². The second kappa shape index (κ2) is 8.32. The maximum atomic E-state index is 13.3. The summed E-state index contributed by atoms with van der Waals surface area (Å²) in [7, 11) is 2.04. The number of aromatic nitrogens is 4. The zero-order chi connectivity index (χ0) is 24.1. The van der Waals surface area contributed by atoms with E-state index in [0.29, 0.717) is 11.2 Å². The van der Waals surface area contributed by atoms with Crippen LogP contribution in [-0.2, 0) is 17.9 Å². The number of halogens is 1. The topological polar surface area (TPSA) is 105 Å². The van der Waals surface area contributed by atoms with E-state index in [1.54, 1.807) is 15.5 Å². The molecule has 5 heterocycles. The average Bonchev–Trinajstić information content (AvgIpc) is 3.50. The lowest BCUT2D eigenvalue weighted by molar-refractivity contribution is -0.116. The molecule has 2 amide bonds.